The van der Waals surface area contributed by atoms with Crippen LogP contribution >= 0.6 is 11.6 Å². The molecule has 2 aromatic rings. The van der Waals surface area contributed by atoms with Crippen molar-refractivity contribution in [3.8, 4) is 0 Å². The summed E-state index contributed by atoms with van der Waals surface area (Å²) < 4.78 is 0. The number of hydrogen-bond acceptors (Lipinski definition) is 3. The highest BCUT2D eigenvalue weighted by atomic mass is 35.5. The highest BCUT2D eigenvalue weighted by molar-refractivity contribution is 6.30. The summed E-state index contributed by atoms with van der Waals surface area (Å²) in [5.74, 6) is 1.72. The maximum atomic E-state index is 5.87. The molecule has 0 radical (unpaired) electrons. The summed E-state index contributed by atoms with van der Waals surface area (Å²) in [4.78, 5) is 9.03. The minimum atomic E-state index is 0.715. The van der Waals surface area contributed by atoms with Gasteiger partial charge in [-0.1, -0.05) is 23.7 Å². The molecule has 0 aliphatic carbocycles. The van der Waals surface area contributed by atoms with E-state index >= 15 is 0 Å². The molecular formula is C14H16ClN3. The molecule has 0 aliphatic rings. The number of hydrogen-bond donors (Lipinski definition) is 1. The van der Waals surface area contributed by atoms with Crippen molar-refractivity contribution in [2.45, 2.75) is 20.3 Å². The molecule has 0 fully saturated rings. The van der Waals surface area contributed by atoms with Crippen LogP contribution in [0.4, 0.5) is 5.82 Å². The van der Waals surface area contributed by atoms with Crippen LogP contribution in [0.15, 0.2) is 24.3 Å². The molecule has 1 aromatic heterocycles. The van der Waals surface area contributed by atoms with Crippen LogP contribution in [0.25, 0.3) is 0 Å². The van der Waals surface area contributed by atoms with Gasteiger partial charge in [-0.25, -0.2) is 9.97 Å². The Morgan fingerprint density at radius 1 is 1.11 bits per heavy atom. The van der Waals surface area contributed by atoms with Gasteiger partial charge in [0.25, 0.3) is 0 Å². The van der Waals surface area contributed by atoms with Crippen molar-refractivity contribution in [1.82, 2.24) is 9.97 Å². The van der Waals surface area contributed by atoms with E-state index in [1.807, 2.05) is 45.2 Å². The standard InChI is InChI=1S/C14H16ClN3/c1-9-10(2)17-13(18-14(9)16-3)8-11-4-6-12(15)7-5-11/h4-7H,8H2,1-3H3,(H,16,17,18). The lowest BCUT2D eigenvalue weighted by Gasteiger charge is -2.09. The van der Waals surface area contributed by atoms with Crippen molar-refractivity contribution in [2.75, 3.05) is 12.4 Å². The van der Waals surface area contributed by atoms with Crippen LogP contribution in [-0.4, -0.2) is 17.0 Å². The number of nitrogens with zero attached hydrogens (tertiary/aromatic N) is 2. The Kier molecular flexibility index (Phi) is 3.82. The fourth-order valence-electron chi connectivity index (χ4n) is 1.79. The van der Waals surface area contributed by atoms with Gasteiger partial charge in [0, 0.05) is 29.7 Å². The zero-order valence-corrected chi connectivity index (χ0v) is 11.5. The maximum absolute atomic E-state index is 5.87. The van der Waals surface area contributed by atoms with Crippen molar-refractivity contribution >= 4 is 17.4 Å². The Hall–Kier alpha value is -1.61. The first-order valence-corrected chi connectivity index (χ1v) is 6.24. The van der Waals surface area contributed by atoms with Gasteiger partial charge in [0.2, 0.25) is 0 Å². The van der Waals surface area contributed by atoms with Crippen molar-refractivity contribution in [3.05, 3.63) is 51.9 Å². The smallest absolute Gasteiger partial charge is 0.135 e. The van der Waals surface area contributed by atoms with Gasteiger partial charge in [0.15, 0.2) is 0 Å². The van der Waals surface area contributed by atoms with E-state index in [2.05, 4.69) is 15.3 Å². The van der Waals surface area contributed by atoms with Gasteiger partial charge in [0.1, 0.15) is 11.6 Å². The van der Waals surface area contributed by atoms with Crippen molar-refractivity contribution in [1.29, 1.82) is 0 Å². The number of aromatic nitrogens is 2. The van der Waals surface area contributed by atoms with Gasteiger partial charge in [-0.05, 0) is 31.5 Å². The molecule has 4 heteroatoms. The first-order chi connectivity index (χ1) is 8.60. The second-order valence-corrected chi connectivity index (χ2v) is 4.69. The molecule has 1 heterocycles. The average Bonchev–Trinajstić information content (AvgIpc) is 2.36. The molecule has 0 unspecified atom stereocenters. The van der Waals surface area contributed by atoms with Crippen molar-refractivity contribution in [3.63, 3.8) is 0 Å². The molecule has 0 atom stereocenters. The number of aryl methyl sites for hydroxylation is 1. The number of halogens is 1. The summed E-state index contributed by atoms with van der Waals surface area (Å²) in [5.41, 5.74) is 3.26. The molecule has 1 aromatic carbocycles. The fraction of sp³-hybridized carbons (Fsp3) is 0.286. The van der Waals surface area contributed by atoms with Gasteiger partial charge in [0.05, 0.1) is 0 Å². The Bertz CT molecular complexity index is 550. The molecule has 0 saturated carbocycles. The van der Waals surface area contributed by atoms with E-state index in [1.165, 1.54) is 0 Å². The molecule has 0 spiro atoms. The minimum Gasteiger partial charge on any atom is -0.373 e. The van der Waals surface area contributed by atoms with E-state index in [4.69, 9.17) is 11.6 Å². The minimum absolute atomic E-state index is 0.715. The maximum Gasteiger partial charge on any atom is 0.135 e. The first-order valence-electron chi connectivity index (χ1n) is 5.86. The molecule has 18 heavy (non-hydrogen) atoms. The predicted octanol–water partition coefficient (Wildman–Crippen LogP) is 3.38. The van der Waals surface area contributed by atoms with Gasteiger partial charge in [-0.3, -0.25) is 0 Å². The summed E-state index contributed by atoms with van der Waals surface area (Å²) in [5, 5.41) is 3.85. The third kappa shape index (κ3) is 2.79. The summed E-state index contributed by atoms with van der Waals surface area (Å²) in [7, 11) is 1.88. The highest BCUT2D eigenvalue weighted by Gasteiger charge is 2.07. The van der Waals surface area contributed by atoms with E-state index in [1.54, 1.807) is 0 Å². The molecule has 0 saturated heterocycles. The van der Waals surface area contributed by atoms with Crippen LogP contribution in [0.1, 0.15) is 22.6 Å². The largest absolute Gasteiger partial charge is 0.373 e. The van der Waals surface area contributed by atoms with E-state index in [9.17, 15) is 0 Å². The highest BCUT2D eigenvalue weighted by Crippen LogP contribution is 2.17. The van der Waals surface area contributed by atoms with Gasteiger partial charge >= 0.3 is 0 Å². The van der Waals surface area contributed by atoms with E-state index in [0.717, 1.165) is 33.5 Å². The Balaban J connectivity index is 2.29. The summed E-state index contributed by atoms with van der Waals surface area (Å²) in [6, 6.07) is 7.77. The second kappa shape index (κ2) is 5.36. The number of benzene rings is 1. The van der Waals surface area contributed by atoms with Crippen LogP contribution < -0.4 is 5.32 Å². The zero-order valence-electron chi connectivity index (χ0n) is 10.8. The molecule has 3 nitrogen and oxygen atoms in total. The monoisotopic (exact) mass is 261 g/mol. The number of nitrogens with one attached hydrogen (secondary N) is 1. The topological polar surface area (TPSA) is 37.8 Å². The molecule has 94 valence electrons. The normalized spacial score (nSPS) is 10.4. The predicted molar refractivity (Wildman–Crippen MR) is 75.3 cm³/mol. The molecular weight excluding hydrogens is 246 g/mol. The molecule has 2 rings (SSSR count). The SMILES string of the molecule is CNc1nc(Cc2ccc(Cl)cc2)nc(C)c1C. The van der Waals surface area contributed by atoms with Crippen molar-refractivity contribution < 1.29 is 0 Å². The number of rotatable bonds is 3. The third-order valence-electron chi connectivity index (χ3n) is 2.95. The lowest BCUT2D eigenvalue weighted by atomic mass is 10.1. The average molecular weight is 262 g/mol. The zero-order chi connectivity index (χ0) is 13.1. The summed E-state index contributed by atoms with van der Waals surface area (Å²) >= 11 is 5.87. The molecule has 0 amide bonds. The van der Waals surface area contributed by atoms with Crippen LogP contribution in [-0.2, 0) is 6.42 Å². The second-order valence-electron chi connectivity index (χ2n) is 4.25. The van der Waals surface area contributed by atoms with Crippen LogP contribution in [0, 0.1) is 13.8 Å². The van der Waals surface area contributed by atoms with E-state index in [-0.39, 0.29) is 0 Å². The quantitative estimate of drug-likeness (QED) is 0.920. The summed E-state index contributed by atoms with van der Waals surface area (Å²) in [6.07, 6.45) is 0.715. The van der Waals surface area contributed by atoms with Gasteiger partial charge in [-0.15, -0.1) is 0 Å². The van der Waals surface area contributed by atoms with E-state index in [0.29, 0.717) is 6.42 Å². The van der Waals surface area contributed by atoms with E-state index < -0.39 is 0 Å². The molecule has 0 bridgehead atoms. The van der Waals surface area contributed by atoms with Crippen molar-refractivity contribution in [2.24, 2.45) is 0 Å². The Labute approximate surface area is 112 Å². The first kappa shape index (κ1) is 12.8. The third-order valence-corrected chi connectivity index (χ3v) is 3.20. The Morgan fingerprint density at radius 3 is 2.39 bits per heavy atom. The lowest BCUT2D eigenvalue weighted by Crippen LogP contribution is -2.05. The Morgan fingerprint density at radius 2 is 1.78 bits per heavy atom. The fourth-order valence-corrected chi connectivity index (χ4v) is 1.92. The molecule has 1 N–H and O–H groups in total. The molecule has 0 aliphatic heterocycles. The van der Waals surface area contributed by atoms with Gasteiger partial charge in [-0.2, -0.15) is 0 Å². The number of anilines is 1. The summed E-state index contributed by atoms with van der Waals surface area (Å²) in [6.45, 7) is 4.02. The van der Waals surface area contributed by atoms with Gasteiger partial charge < -0.3 is 5.32 Å². The van der Waals surface area contributed by atoms with Crippen LogP contribution in [0.5, 0.6) is 0 Å². The van der Waals surface area contributed by atoms with Crippen LogP contribution in [0.3, 0.4) is 0 Å². The lowest BCUT2D eigenvalue weighted by molar-refractivity contribution is 0.929. The van der Waals surface area contributed by atoms with Crippen LogP contribution in [0.2, 0.25) is 5.02 Å².